The van der Waals surface area contributed by atoms with E-state index in [9.17, 15) is 9.59 Å². The Balaban J connectivity index is 1.84. The first-order valence-electron chi connectivity index (χ1n) is 9.15. The molecule has 2 aromatic carbocycles. The van der Waals surface area contributed by atoms with Gasteiger partial charge in [0.2, 0.25) is 11.8 Å². The van der Waals surface area contributed by atoms with Gasteiger partial charge in [0.1, 0.15) is 5.41 Å². The van der Waals surface area contributed by atoms with E-state index in [1.165, 1.54) is 0 Å². The van der Waals surface area contributed by atoms with E-state index in [4.69, 9.17) is 0 Å². The van der Waals surface area contributed by atoms with Crippen molar-refractivity contribution >= 4 is 23.2 Å². The average molecular weight is 350 g/mol. The molecule has 2 aromatic rings. The summed E-state index contributed by atoms with van der Waals surface area (Å²) in [5.41, 5.74) is 3.93. The number of nitrogens with one attached hydrogen (secondary N) is 1. The van der Waals surface area contributed by atoms with Crippen LogP contribution < -0.4 is 10.2 Å². The lowest BCUT2D eigenvalue weighted by atomic mass is 10.0. The Morgan fingerprint density at radius 1 is 1.04 bits per heavy atom. The molecule has 0 heterocycles. The van der Waals surface area contributed by atoms with Crippen LogP contribution in [0.3, 0.4) is 0 Å². The Bertz CT molecular complexity index is 815. The second kappa shape index (κ2) is 6.94. The van der Waals surface area contributed by atoms with Crippen molar-refractivity contribution in [2.24, 2.45) is 5.41 Å². The molecule has 1 fully saturated rings. The van der Waals surface area contributed by atoms with Crippen LogP contribution in [0.1, 0.15) is 36.5 Å². The van der Waals surface area contributed by atoms with Gasteiger partial charge in [-0.05, 0) is 63.8 Å². The highest BCUT2D eigenvalue weighted by atomic mass is 16.2. The van der Waals surface area contributed by atoms with Gasteiger partial charge < -0.3 is 10.2 Å². The largest absolute Gasteiger partial charge is 0.325 e. The van der Waals surface area contributed by atoms with Crippen molar-refractivity contribution in [3.8, 4) is 0 Å². The van der Waals surface area contributed by atoms with Crippen LogP contribution in [0.4, 0.5) is 11.4 Å². The van der Waals surface area contributed by atoms with E-state index in [1.54, 1.807) is 4.90 Å². The van der Waals surface area contributed by atoms with Crippen LogP contribution in [-0.4, -0.2) is 18.4 Å². The lowest BCUT2D eigenvalue weighted by molar-refractivity contribution is -0.132. The molecule has 1 N–H and O–H groups in total. The van der Waals surface area contributed by atoms with Crippen LogP contribution in [0, 0.1) is 26.2 Å². The molecule has 0 bridgehead atoms. The second-order valence-corrected chi connectivity index (χ2v) is 7.19. The van der Waals surface area contributed by atoms with E-state index in [0.29, 0.717) is 19.4 Å². The normalized spacial score (nSPS) is 14.6. The fourth-order valence-electron chi connectivity index (χ4n) is 3.58. The molecule has 1 aliphatic carbocycles. The van der Waals surface area contributed by atoms with E-state index >= 15 is 0 Å². The Hall–Kier alpha value is -2.62. The van der Waals surface area contributed by atoms with Crippen LogP contribution in [0.5, 0.6) is 0 Å². The summed E-state index contributed by atoms with van der Waals surface area (Å²) in [7, 11) is 0. The van der Waals surface area contributed by atoms with Gasteiger partial charge in [-0.2, -0.15) is 0 Å². The van der Waals surface area contributed by atoms with Crippen LogP contribution >= 0.6 is 0 Å². The van der Waals surface area contributed by atoms with Gasteiger partial charge in [-0.3, -0.25) is 9.59 Å². The first-order valence-corrected chi connectivity index (χ1v) is 9.15. The fourth-order valence-corrected chi connectivity index (χ4v) is 3.58. The zero-order valence-electron chi connectivity index (χ0n) is 15.9. The van der Waals surface area contributed by atoms with Gasteiger partial charge in [-0.1, -0.05) is 35.9 Å². The molecule has 0 unspecified atom stereocenters. The van der Waals surface area contributed by atoms with Crippen LogP contribution in [-0.2, 0) is 9.59 Å². The number of amides is 2. The van der Waals surface area contributed by atoms with Crippen molar-refractivity contribution in [1.82, 2.24) is 0 Å². The van der Waals surface area contributed by atoms with E-state index < -0.39 is 5.41 Å². The highest BCUT2D eigenvalue weighted by Gasteiger charge is 2.58. The molecule has 0 aliphatic heterocycles. The van der Waals surface area contributed by atoms with Crippen LogP contribution in [0.15, 0.2) is 42.5 Å². The number of carbonyl (C=O) groups excluding carboxylic acids is 2. The third-order valence-corrected chi connectivity index (χ3v) is 5.14. The van der Waals surface area contributed by atoms with Gasteiger partial charge in [-0.15, -0.1) is 0 Å². The van der Waals surface area contributed by atoms with Crippen molar-refractivity contribution in [1.29, 1.82) is 0 Å². The van der Waals surface area contributed by atoms with Gasteiger partial charge in [0.15, 0.2) is 0 Å². The number of carbonyl (C=O) groups is 2. The molecule has 2 amide bonds. The Morgan fingerprint density at radius 2 is 1.62 bits per heavy atom. The molecule has 136 valence electrons. The average Bonchev–Trinajstić information content (AvgIpc) is 3.41. The molecule has 4 nitrogen and oxygen atoms in total. The third kappa shape index (κ3) is 3.24. The summed E-state index contributed by atoms with van der Waals surface area (Å²) in [5, 5.41) is 3.03. The van der Waals surface area contributed by atoms with Gasteiger partial charge in [0.25, 0.3) is 0 Å². The fraction of sp³-hybridized carbons (Fsp3) is 0.364. The van der Waals surface area contributed by atoms with Crippen molar-refractivity contribution in [3.05, 3.63) is 59.2 Å². The number of hydrogen-bond donors (Lipinski definition) is 1. The second-order valence-electron chi connectivity index (χ2n) is 7.19. The standard InChI is InChI=1S/C22H26N2O2/c1-5-24(18-9-7-6-8-10-18)21(26)22(11-12-22)20(25)23-19-16(3)13-15(2)14-17(19)4/h6-10,13-14H,5,11-12H2,1-4H3,(H,23,25). The minimum atomic E-state index is -0.935. The van der Waals surface area contributed by atoms with Crippen molar-refractivity contribution < 1.29 is 9.59 Å². The molecular weight excluding hydrogens is 324 g/mol. The number of rotatable bonds is 5. The predicted molar refractivity (Wildman–Crippen MR) is 105 cm³/mol. The minimum absolute atomic E-state index is 0.105. The smallest absolute Gasteiger partial charge is 0.242 e. The maximum absolute atomic E-state index is 13.2. The molecule has 0 atom stereocenters. The topological polar surface area (TPSA) is 49.4 Å². The van der Waals surface area contributed by atoms with Gasteiger partial charge in [0.05, 0.1) is 0 Å². The summed E-state index contributed by atoms with van der Waals surface area (Å²) < 4.78 is 0. The third-order valence-electron chi connectivity index (χ3n) is 5.14. The summed E-state index contributed by atoms with van der Waals surface area (Å²) in [5.74, 6) is -0.293. The Kier molecular flexibility index (Phi) is 4.86. The van der Waals surface area contributed by atoms with Gasteiger partial charge in [-0.25, -0.2) is 0 Å². The summed E-state index contributed by atoms with van der Waals surface area (Å²) >= 11 is 0. The summed E-state index contributed by atoms with van der Waals surface area (Å²) in [6.07, 6.45) is 1.20. The number of anilines is 2. The number of benzene rings is 2. The van der Waals surface area contributed by atoms with Gasteiger partial charge >= 0.3 is 0 Å². The quantitative estimate of drug-likeness (QED) is 0.813. The maximum atomic E-state index is 13.2. The molecule has 4 heteroatoms. The molecule has 0 aromatic heterocycles. The zero-order valence-corrected chi connectivity index (χ0v) is 15.9. The van der Waals surface area contributed by atoms with Crippen molar-refractivity contribution in [3.63, 3.8) is 0 Å². The monoisotopic (exact) mass is 350 g/mol. The summed E-state index contributed by atoms with van der Waals surface area (Å²) in [6.45, 7) is 8.49. The first kappa shape index (κ1) is 18.2. The van der Waals surface area contributed by atoms with E-state index in [0.717, 1.165) is 28.1 Å². The maximum Gasteiger partial charge on any atom is 0.242 e. The lowest BCUT2D eigenvalue weighted by Gasteiger charge is -2.26. The highest BCUT2D eigenvalue weighted by Crippen LogP contribution is 2.49. The van der Waals surface area contributed by atoms with Crippen molar-refractivity contribution in [2.75, 3.05) is 16.8 Å². The SMILES string of the molecule is CCN(C(=O)C1(C(=O)Nc2c(C)cc(C)cc2C)CC1)c1ccccc1. The minimum Gasteiger partial charge on any atom is -0.325 e. The zero-order chi connectivity index (χ0) is 18.9. The molecule has 0 saturated heterocycles. The summed E-state index contributed by atoms with van der Waals surface area (Å²) in [4.78, 5) is 27.9. The number of nitrogens with zero attached hydrogens (tertiary/aromatic N) is 1. The van der Waals surface area contributed by atoms with Crippen LogP contribution in [0.25, 0.3) is 0 Å². The predicted octanol–water partition coefficient (Wildman–Crippen LogP) is 4.38. The number of hydrogen-bond acceptors (Lipinski definition) is 2. The Morgan fingerprint density at radius 3 is 2.12 bits per heavy atom. The lowest BCUT2D eigenvalue weighted by Crippen LogP contribution is -2.43. The van der Waals surface area contributed by atoms with Crippen LogP contribution in [0.2, 0.25) is 0 Å². The first-order chi connectivity index (χ1) is 12.4. The number of para-hydroxylation sites is 1. The molecule has 1 aliphatic rings. The molecule has 0 radical (unpaired) electrons. The van der Waals surface area contributed by atoms with E-state index in [1.807, 2.05) is 70.2 Å². The number of aryl methyl sites for hydroxylation is 3. The highest BCUT2D eigenvalue weighted by molar-refractivity contribution is 6.18. The molecule has 1 saturated carbocycles. The molecular formula is C22H26N2O2. The molecule has 3 rings (SSSR count). The van der Waals surface area contributed by atoms with E-state index in [-0.39, 0.29) is 11.8 Å². The van der Waals surface area contributed by atoms with E-state index in [2.05, 4.69) is 5.32 Å². The van der Waals surface area contributed by atoms with Gasteiger partial charge in [0, 0.05) is 17.9 Å². The Labute approximate surface area is 155 Å². The van der Waals surface area contributed by atoms with Crippen molar-refractivity contribution in [2.45, 2.75) is 40.5 Å². The molecule has 0 spiro atoms. The summed E-state index contributed by atoms with van der Waals surface area (Å²) in [6, 6.07) is 13.6. The molecule has 26 heavy (non-hydrogen) atoms.